The van der Waals surface area contributed by atoms with Gasteiger partial charge in [-0.1, -0.05) is 0 Å². The monoisotopic (exact) mass is 399 g/mol. The SMILES string of the molecule is [C-]#Cc1ccncc1.[C-]#Cc1ccncc1.[Pt+2]. The molecule has 2 rings (SSSR count). The van der Waals surface area contributed by atoms with Crippen LogP contribution in [0, 0.1) is 24.7 Å². The normalized spacial score (nSPS) is 7.41. The summed E-state index contributed by atoms with van der Waals surface area (Å²) < 4.78 is 0. The Labute approximate surface area is 116 Å². The minimum absolute atomic E-state index is 0. The maximum atomic E-state index is 6.67. The average molecular weight is 399 g/mol. The topological polar surface area (TPSA) is 25.8 Å². The maximum Gasteiger partial charge on any atom is 2.00 e. The van der Waals surface area contributed by atoms with Crippen molar-refractivity contribution < 1.29 is 21.1 Å². The van der Waals surface area contributed by atoms with Crippen molar-refractivity contribution in [3.05, 3.63) is 73.0 Å². The van der Waals surface area contributed by atoms with Gasteiger partial charge in [0.15, 0.2) is 0 Å². The Kier molecular flexibility index (Phi) is 8.30. The van der Waals surface area contributed by atoms with E-state index < -0.39 is 0 Å². The molecule has 0 unspecified atom stereocenters. The molecule has 2 aromatic heterocycles. The summed E-state index contributed by atoms with van der Waals surface area (Å²) in [6.07, 6.45) is 19.9. The summed E-state index contributed by atoms with van der Waals surface area (Å²) in [5.41, 5.74) is 1.53. The van der Waals surface area contributed by atoms with Gasteiger partial charge in [0.05, 0.1) is 0 Å². The van der Waals surface area contributed by atoms with Gasteiger partial charge in [0.2, 0.25) is 0 Å². The first-order chi connectivity index (χ1) is 7.86. The molecule has 2 nitrogen and oxygen atoms in total. The van der Waals surface area contributed by atoms with E-state index in [1.807, 2.05) is 0 Å². The number of rotatable bonds is 0. The minimum Gasteiger partial charge on any atom is -0.366 e. The largest absolute Gasteiger partial charge is 2.00 e. The van der Waals surface area contributed by atoms with Crippen LogP contribution in [0.3, 0.4) is 0 Å². The fraction of sp³-hybridized carbons (Fsp3) is 0. The summed E-state index contributed by atoms with van der Waals surface area (Å²) in [6, 6.07) is 6.92. The van der Waals surface area contributed by atoms with E-state index in [1.165, 1.54) is 0 Å². The van der Waals surface area contributed by atoms with Crippen LogP contribution < -0.4 is 0 Å². The van der Waals surface area contributed by atoms with Gasteiger partial charge in [0.1, 0.15) is 0 Å². The third kappa shape index (κ3) is 6.31. The zero-order valence-corrected chi connectivity index (χ0v) is 11.1. The van der Waals surface area contributed by atoms with Crippen molar-refractivity contribution in [1.29, 1.82) is 0 Å². The van der Waals surface area contributed by atoms with Gasteiger partial charge in [-0.05, 0) is 0 Å². The molecule has 0 aliphatic carbocycles. The zero-order chi connectivity index (χ0) is 11.6. The molecule has 0 aromatic carbocycles. The van der Waals surface area contributed by atoms with Gasteiger partial charge in [0, 0.05) is 24.8 Å². The summed E-state index contributed by atoms with van der Waals surface area (Å²) in [4.78, 5) is 7.54. The van der Waals surface area contributed by atoms with Crippen molar-refractivity contribution >= 4 is 0 Å². The molecule has 0 aliphatic rings. The first-order valence-electron chi connectivity index (χ1n) is 4.52. The maximum absolute atomic E-state index is 6.67. The molecule has 0 aliphatic heterocycles. The Hall–Kier alpha value is -1.89. The molecular weight excluding hydrogens is 391 g/mol. The van der Waals surface area contributed by atoms with Crippen LogP contribution >= 0.6 is 0 Å². The molecule has 84 valence electrons. The van der Waals surface area contributed by atoms with Crippen molar-refractivity contribution in [3.63, 3.8) is 0 Å². The Morgan fingerprint density at radius 2 is 1.00 bits per heavy atom. The number of pyridine rings is 2. The second kappa shape index (κ2) is 9.34. The van der Waals surface area contributed by atoms with Gasteiger partial charge >= 0.3 is 21.1 Å². The van der Waals surface area contributed by atoms with E-state index in [4.69, 9.17) is 12.8 Å². The van der Waals surface area contributed by atoms with Crippen LogP contribution in [0.1, 0.15) is 11.1 Å². The number of nitrogens with zero attached hydrogens (tertiary/aromatic N) is 2. The minimum atomic E-state index is 0. The summed E-state index contributed by atoms with van der Waals surface area (Å²) >= 11 is 0. The van der Waals surface area contributed by atoms with E-state index in [0.717, 1.165) is 11.1 Å². The van der Waals surface area contributed by atoms with Gasteiger partial charge < -0.3 is 12.8 Å². The fourth-order valence-corrected chi connectivity index (χ4v) is 0.870. The van der Waals surface area contributed by atoms with E-state index in [0.29, 0.717) is 0 Å². The van der Waals surface area contributed by atoms with Crippen LogP contribution in [0.4, 0.5) is 0 Å². The summed E-state index contributed by atoms with van der Waals surface area (Å²) in [6.45, 7) is 0. The van der Waals surface area contributed by atoms with Crippen LogP contribution in [0.2, 0.25) is 0 Å². The summed E-state index contributed by atoms with van der Waals surface area (Å²) in [5, 5.41) is 0. The van der Waals surface area contributed by atoms with Gasteiger partial charge in [0.25, 0.3) is 0 Å². The molecule has 2 heterocycles. The van der Waals surface area contributed by atoms with Crippen LogP contribution in [0.25, 0.3) is 0 Å². The van der Waals surface area contributed by atoms with Gasteiger partial charge in [-0.3, -0.25) is 21.8 Å². The van der Waals surface area contributed by atoms with E-state index >= 15 is 0 Å². The molecular formula is C14H8N2Pt. The molecule has 0 bridgehead atoms. The van der Waals surface area contributed by atoms with Crippen LogP contribution in [0.5, 0.6) is 0 Å². The molecule has 0 amide bonds. The molecule has 0 saturated heterocycles. The fourth-order valence-electron chi connectivity index (χ4n) is 0.870. The van der Waals surface area contributed by atoms with Crippen LogP contribution in [0.15, 0.2) is 49.1 Å². The summed E-state index contributed by atoms with van der Waals surface area (Å²) in [5.74, 6) is 4.47. The molecule has 2 aromatic rings. The van der Waals surface area contributed by atoms with Crippen molar-refractivity contribution in [3.8, 4) is 11.8 Å². The number of hydrogen-bond acceptors (Lipinski definition) is 2. The van der Waals surface area contributed by atoms with Gasteiger partial charge in [-0.15, -0.1) is 35.4 Å². The second-order valence-corrected chi connectivity index (χ2v) is 2.72. The van der Waals surface area contributed by atoms with E-state index in [-0.39, 0.29) is 21.1 Å². The Balaban J connectivity index is 0.000000284. The van der Waals surface area contributed by atoms with E-state index in [2.05, 4.69) is 21.8 Å². The predicted molar refractivity (Wildman–Crippen MR) is 60.9 cm³/mol. The third-order valence-corrected chi connectivity index (χ3v) is 1.65. The van der Waals surface area contributed by atoms with Crippen molar-refractivity contribution in [1.82, 2.24) is 9.97 Å². The molecule has 0 atom stereocenters. The number of aromatic nitrogens is 2. The van der Waals surface area contributed by atoms with Crippen molar-refractivity contribution in [2.45, 2.75) is 0 Å². The standard InChI is InChI=1S/2C7H4N.Pt/c2*1-2-7-3-5-8-6-4-7;/h2*3-6H;/q2*-1;+2. The smallest absolute Gasteiger partial charge is 0.366 e. The molecule has 0 spiro atoms. The van der Waals surface area contributed by atoms with E-state index in [1.54, 1.807) is 49.1 Å². The first kappa shape index (κ1) is 15.1. The Bertz CT molecular complexity index is 446. The second-order valence-electron chi connectivity index (χ2n) is 2.72. The van der Waals surface area contributed by atoms with Gasteiger partial charge in [-0.2, -0.15) is 0 Å². The van der Waals surface area contributed by atoms with Crippen molar-refractivity contribution in [2.24, 2.45) is 0 Å². The Morgan fingerprint density at radius 3 is 1.18 bits per heavy atom. The van der Waals surface area contributed by atoms with E-state index in [9.17, 15) is 0 Å². The summed E-state index contributed by atoms with van der Waals surface area (Å²) in [7, 11) is 0. The predicted octanol–water partition coefficient (Wildman–Crippen LogP) is 2.04. The quantitative estimate of drug-likeness (QED) is 0.501. The average Bonchev–Trinajstić information content (AvgIpc) is 2.41. The molecule has 3 heteroatoms. The molecule has 0 fully saturated rings. The molecule has 0 radical (unpaired) electrons. The first-order valence-corrected chi connectivity index (χ1v) is 4.52. The van der Waals surface area contributed by atoms with Crippen LogP contribution in [-0.2, 0) is 21.1 Å². The number of hydrogen-bond donors (Lipinski definition) is 0. The van der Waals surface area contributed by atoms with Crippen molar-refractivity contribution in [2.75, 3.05) is 0 Å². The zero-order valence-electron chi connectivity index (χ0n) is 8.83. The Morgan fingerprint density at radius 1 is 0.706 bits per heavy atom. The van der Waals surface area contributed by atoms with Gasteiger partial charge in [-0.25, -0.2) is 0 Å². The van der Waals surface area contributed by atoms with Crippen LogP contribution in [-0.4, -0.2) is 9.97 Å². The molecule has 17 heavy (non-hydrogen) atoms. The molecule has 0 saturated carbocycles. The molecule has 0 N–H and O–H groups in total. The third-order valence-electron chi connectivity index (χ3n) is 1.65.